The van der Waals surface area contributed by atoms with Crippen molar-refractivity contribution in [2.45, 2.75) is 0 Å². The molecule has 251 valence electrons. The van der Waals surface area contributed by atoms with Crippen LogP contribution in [0.4, 0.5) is 0 Å². The van der Waals surface area contributed by atoms with E-state index in [2.05, 4.69) is 0 Å². The van der Waals surface area contributed by atoms with E-state index in [1.54, 1.807) is 0 Å². The predicted molar refractivity (Wildman–Crippen MR) is 140 cm³/mol. The summed E-state index contributed by atoms with van der Waals surface area (Å²) >= 11 is 0. The molecule has 0 atom stereocenters. The molecule has 0 spiro atoms. The SMILES string of the molecule is NCCN.O=P(O)(O)CP(=O)(O)O.O=P(O)(O)CP(=O)(O)O.O=P(O)(O)CP(=O)(O)O.O=P(O)(O)CP(=O)(O)O.[Na]. The van der Waals surface area contributed by atoms with Gasteiger partial charge in [-0.25, -0.2) is 0 Å². The van der Waals surface area contributed by atoms with E-state index in [0.29, 0.717) is 13.1 Å². The van der Waals surface area contributed by atoms with E-state index < -0.39 is 84.4 Å². The Balaban J connectivity index is -0.0000000946. The second-order valence-electron chi connectivity index (χ2n) is 6.46. The van der Waals surface area contributed by atoms with Gasteiger partial charge in [-0.1, -0.05) is 0 Å². The molecular weight excluding hydrogens is 755 g/mol. The van der Waals surface area contributed by atoms with Crippen LogP contribution in [-0.4, -0.2) is 145 Å². The Morgan fingerprint density at radius 1 is 0.293 bits per heavy atom. The molecule has 0 rings (SSSR count). The first-order valence-electron chi connectivity index (χ1n) is 8.51. The fourth-order valence-corrected chi connectivity index (χ4v) is 8.64. The zero-order chi connectivity index (χ0) is 34.2. The molecule has 35 heteroatoms. The molecule has 0 aliphatic heterocycles. The quantitative estimate of drug-likeness (QED) is 0.0776. The maximum Gasteiger partial charge on any atom is 0.337 e. The van der Waals surface area contributed by atoms with Crippen LogP contribution in [0.15, 0.2) is 0 Å². The minimum atomic E-state index is -4.55. The van der Waals surface area contributed by atoms with Crippen molar-refractivity contribution in [2.75, 3.05) is 36.7 Å². The van der Waals surface area contributed by atoms with Gasteiger partial charge >= 0.3 is 60.8 Å². The topological polar surface area (TPSA) is 512 Å². The van der Waals surface area contributed by atoms with Gasteiger partial charge in [-0.15, -0.1) is 0 Å². The van der Waals surface area contributed by atoms with Gasteiger partial charge < -0.3 is 89.8 Å². The van der Waals surface area contributed by atoms with Gasteiger partial charge in [0.1, 0.15) is 0 Å². The van der Waals surface area contributed by atoms with Crippen molar-refractivity contribution in [3.8, 4) is 0 Å². The van der Waals surface area contributed by atoms with Crippen LogP contribution in [0.1, 0.15) is 0 Å². The van der Waals surface area contributed by atoms with Crippen molar-refractivity contribution in [2.24, 2.45) is 11.5 Å². The summed E-state index contributed by atoms with van der Waals surface area (Å²) in [6.45, 7) is 1.19. The molecule has 0 aromatic carbocycles. The summed E-state index contributed by atoms with van der Waals surface area (Å²) in [5.74, 6) is -5.50. The standard InChI is InChI=1S/C2H8N2.4CH6O6P2.Na/c3-1-2-4;4*2-8(3,4)1-9(5,6)7;/h1-4H2;4*1H2,(H2,2,3,4)(H2,5,6,7);. The molecular formula is C6H32N2NaO24P8. The van der Waals surface area contributed by atoms with E-state index in [0.717, 1.165) is 0 Å². The third kappa shape index (κ3) is 92.2. The van der Waals surface area contributed by atoms with Crippen molar-refractivity contribution < 1.29 is 115 Å². The normalized spacial score (nSPS) is 12.8. The van der Waals surface area contributed by atoms with Crippen LogP contribution in [0, 0.1) is 0 Å². The van der Waals surface area contributed by atoms with Gasteiger partial charge in [0.05, 0.1) is 0 Å². The van der Waals surface area contributed by atoms with Crippen molar-refractivity contribution in [1.29, 1.82) is 0 Å². The molecule has 41 heavy (non-hydrogen) atoms. The molecule has 0 saturated carbocycles. The van der Waals surface area contributed by atoms with E-state index >= 15 is 0 Å². The Hall–Kier alpha value is 2.12. The minimum absolute atomic E-state index is 0. The molecule has 0 unspecified atom stereocenters. The first kappa shape index (κ1) is 55.5. The number of rotatable bonds is 9. The van der Waals surface area contributed by atoms with Crippen LogP contribution in [-0.2, 0) is 36.5 Å². The zero-order valence-corrected chi connectivity index (χ0v) is 29.6. The van der Waals surface area contributed by atoms with Crippen molar-refractivity contribution in [3.05, 3.63) is 0 Å². The van der Waals surface area contributed by atoms with Crippen LogP contribution >= 0.6 is 60.8 Å². The van der Waals surface area contributed by atoms with Crippen molar-refractivity contribution in [1.82, 2.24) is 0 Å². The monoisotopic (exact) mass is 787 g/mol. The fourth-order valence-electron chi connectivity index (χ4n) is 0.960. The summed E-state index contributed by atoms with van der Waals surface area (Å²) in [6, 6.07) is 0. The van der Waals surface area contributed by atoms with Crippen LogP contribution < -0.4 is 11.5 Å². The molecule has 0 aromatic rings. The summed E-state index contributed by atoms with van der Waals surface area (Å²) in [7, 11) is -36.4. The minimum Gasteiger partial charge on any atom is -0.329 e. The molecule has 0 bridgehead atoms. The molecule has 20 N–H and O–H groups in total. The first-order chi connectivity index (χ1) is 16.7. The summed E-state index contributed by atoms with van der Waals surface area (Å²) < 4.78 is 78.8. The average molecular weight is 787 g/mol. The van der Waals surface area contributed by atoms with Gasteiger partial charge in [0.2, 0.25) is 0 Å². The predicted octanol–water partition coefficient (Wildman–Crippen LogP) is -4.28. The maximum absolute atomic E-state index is 9.85. The molecule has 0 heterocycles. The second kappa shape index (κ2) is 22.6. The van der Waals surface area contributed by atoms with Gasteiger partial charge in [-0.05, 0) is 0 Å². The Morgan fingerprint density at radius 3 is 0.366 bits per heavy atom. The molecule has 0 amide bonds. The number of hydrogen-bond acceptors (Lipinski definition) is 10. The smallest absolute Gasteiger partial charge is 0.329 e. The maximum atomic E-state index is 9.85. The summed E-state index contributed by atoms with van der Waals surface area (Å²) in [5.41, 5.74) is 9.81. The van der Waals surface area contributed by atoms with E-state index in [-0.39, 0.29) is 29.6 Å². The van der Waals surface area contributed by atoms with Crippen LogP contribution in [0.25, 0.3) is 0 Å². The van der Waals surface area contributed by atoms with E-state index in [4.69, 9.17) is 89.8 Å². The summed E-state index contributed by atoms with van der Waals surface area (Å²) in [5, 5.41) is 0. The zero-order valence-electron chi connectivity index (χ0n) is 20.4. The molecule has 0 fully saturated rings. The Labute approximate surface area is 252 Å². The fraction of sp³-hybridized carbons (Fsp3) is 1.00. The first-order valence-corrected chi connectivity index (χ1v) is 22.9. The summed E-state index contributed by atoms with van der Waals surface area (Å²) in [6.07, 6.45) is 0. The van der Waals surface area contributed by atoms with Crippen LogP contribution in [0.3, 0.4) is 0 Å². The summed E-state index contributed by atoms with van der Waals surface area (Å²) in [4.78, 5) is 128. The largest absolute Gasteiger partial charge is 0.337 e. The second-order valence-corrected chi connectivity index (χ2v) is 21.6. The number of nitrogens with two attached hydrogens (primary N) is 2. The molecule has 26 nitrogen and oxygen atoms in total. The molecule has 0 aliphatic rings. The van der Waals surface area contributed by atoms with Crippen molar-refractivity contribution in [3.63, 3.8) is 0 Å². The van der Waals surface area contributed by atoms with Gasteiger partial charge in [-0.3, -0.25) is 36.5 Å². The Kier molecular flexibility index (Phi) is 30.6. The van der Waals surface area contributed by atoms with Crippen LogP contribution in [0.2, 0.25) is 0 Å². The molecule has 0 aliphatic carbocycles. The van der Waals surface area contributed by atoms with Gasteiger partial charge in [0, 0.05) is 42.6 Å². The molecule has 0 saturated heterocycles. The Morgan fingerprint density at radius 2 is 0.366 bits per heavy atom. The third-order valence-corrected chi connectivity index (χ3v) is 13.4. The number of hydrogen-bond donors (Lipinski definition) is 18. The van der Waals surface area contributed by atoms with Gasteiger partial charge in [0.25, 0.3) is 0 Å². The molecule has 0 aromatic heterocycles. The Bertz CT molecular complexity index is 827. The van der Waals surface area contributed by atoms with Gasteiger partial charge in [-0.2, -0.15) is 0 Å². The van der Waals surface area contributed by atoms with E-state index in [9.17, 15) is 36.5 Å². The average Bonchev–Trinajstić information content (AvgIpc) is 2.41. The van der Waals surface area contributed by atoms with E-state index in [1.807, 2.05) is 0 Å². The molecule has 1 radical (unpaired) electrons. The van der Waals surface area contributed by atoms with Crippen molar-refractivity contribution >= 4 is 90.3 Å². The van der Waals surface area contributed by atoms with Crippen LogP contribution in [0.5, 0.6) is 0 Å². The third-order valence-electron chi connectivity index (χ3n) is 1.64. The van der Waals surface area contributed by atoms with Gasteiger partial charge in [0.15, 0.2) is 23.6 Å². The van der Waals surface area contributed by atoms with E-state index in [1.165, 1.54) is 0 Å².